The van der Waals surface area contributed by atoms with Gasteiger partial charge in [0.1, 0.15) is 11.4 Å². The predicted octanol–water partition coefficient (Wildman–Crippen LogP) is 1.16. The Kier molecular flexibility index (Phi) is 5.89. The van der Waals surface area contributed by atoms with Crippen LogP contribution in [-0.2, 0) is 11.3 Å². The highest BCUT2D eigenvalue weighted by molar-refractivity contribution is 5.99. The van der Waals surface area contributed by atoms with Crippen LogP contribution in [0.4, 0.5) is 4.39 Å². The molecule has 1 aliphatic rings. The molecule has 0 bridgehead atoms. The first-order valence-electron chi connectivity index (χ1n) is 8.93. The molecule has 2 N–H and O–H groups in total. The van der Waals surface area contributed by atoms with Gasteiger partial charge in [-0.15, -0.1) is 0 Å². The first-order chi connectivity index (χ1) is 13.4. The summed E-state index contributed by atoms with van der Waals surface area (Å²) in [6, 6.07) is 7.00. The van der Waals surface area contributed by atoms with Gasteiger partial charge in [-0.25, -0.2) is 4.39 Å². The molecule has 3 rings (SSSR count). The highest BCUT2D eigenvalue weighted by atomic mass is 19.1. The highest BCUT2D eigenvalue weighted by Crippen LogP contribution is 2.30. The fourth-order valence-electron chi connectivity index (χ4n) is 3.04. The first-order valence-corrected chi connectivity index (χ1v) is 8.93. The van der Waals surface area contributed by atoms with Gasteiger partial charge in [-0.05, 0) is 30.2 Å². The Morgan fingerprint density at radius 1 is 1.25 bits per heavy atom. The van der Waals surface area contributed by atoms with Gasteiger partial charge in [-0.2, -0.15) is 0 Å². The molecule has 1 aromatic carbocycles. The molecule has 2 unspecified atom stereocenters. The van der Waals surface area contributed by atoms with Crippen LogP contribution in [0.25, 0.3) is 0 Å². The second kappa shape index (κ2) is 8.35. The summed E-state index contributed by atoms with van der Waals surface area (Å²) in [6.07, 6.45) is 2.25. The first kappa shape index (κ1) is 19.8. The molecule has 2 amide bonds. The quantitative estimate of drug-likeness (QED) is 0.746. The van der Waals surface area contributed by atoms with E-state index >= 15 is 0 Å². The number of benzene rings is 1. The van der Waals surface area contributed by atoms with Crippen LogP contribution >= 0.6 is 0 Å². The van der Waals surface area contributed by atoms with E-state index in [1.54, 1.807) is 19.2 Å². The van der Waals surface area contributed by atoms with Crippen molar-refractivity contribution in [1.82, 2.24) is 15.2 Å². The topological polar surface area (TPSA) is 89.4 Å². The maximum absolute atomic E-state index is 13.1. The smallest absolute Gasteiger partial charge is 0.263 e. The van der Waals surface area contributed by atoms with E-state index in [1.165, 1.54) is 36.0 Å². The van der Waals surface area contributed by atoms with E-state index in [9.17, 15) is 18.8 Å². The summed E-state index contributed by atoms with van der Waals surface area (Å²) in [5, 5.41) is 5.31. The number of aromatic nitrogens is 1. The fourth-order valence-corrected chi connectivity index (χ4v) is 3.04. The lowest BCUT2D eigenvalue weighted by Gasteiger charge is -2.12. The number of halogens is 1. The molecule has 1 saturated carbocycles. The van der Waals surface area contributed by atoms with Gasteiger partial charge in [0.15, 0.2) is 0 Å². The number of rotatable bonds is 7. The third-order valence-corrected chi connectivity index (χ3v) is 4.71. The van der Waals surface area contributed by atoms with Crippen molar-refractivity contribution < 1.29 is 18.7 Å². The van der Waals surface area contributed by atoms with E-state index in [-0.39, 0.29) is 41.4 Å². The van der Waals surface area contributed by atoms with Gasteiger partial charge >= 0.3 is 0 Å². The SMILES string of the molecule is CNC(=O)c1cc(C(=O)NC2CC2COC)cn(Cc2ccc(F)cc2)c1=O. The summed E-state index contributed by atoms with van der Waals surface area (Å²) >= 11 is 0. The molecule has 28 heavy (non-hydrogen) atoms. The van der Waals surface area contributed by atoms with E-state index < -0.39 is 11.5 Å². The lowest BCUT2D eigenvalue weighted by molar-refractivity contribution is 0.0944. The molecular weight excluding hydrogens is 365 g/mol. The highest BCUT2D eigenvalue weighted by Gasteiger charge is 2.38. The predicted molar refractivity (Wildman–Crippen MR) is 101 cm³/mol. The van der Waals surface area contributed by atoms with Crippen molar-refractivity contribution in [3.63, 3.8) is 0 Å². The number of nitrogens with zero attached hydrogens (tertiary/aromatic N) is 1. The minimum absolute atomic E-state index is 0.0216. The number of methoxy groups -OCH3 is 1. The van der Waals surface area contributed by atoms with Crippen LogP contribution in [0.2, 0.25) is 0 Å². The average molecular weight is 387 g/mol. The molecule has 0 aliphatic heterocycles. The van der Waals surface area contributed by atoms with Crippen LogP contribution in [0.15, 0.2) is 41.3 Å². The monoisotopic (exact) mass is 387 g/mol. The van der Waals surface area contributed by atoms with Gasteiger partial charge in [0.25, 0.3) is 17.4 Å². The number of hydrogen-bond donors (Lipinski definition) is 2. The Hall–Kier alpha value is -3.00. The van der Waals surface area contributed by atoms with Gasteiger partial charge < -0.3 is 19.9 Å². The molecule has 148 valence electrons. The van der Waals surface area contributed by atoms with E-state index in [1.807, 2.05) is 0 Å². The van der Waals surface area contributed by atoms with E-state index in [2.05, 4.69) is 10.6 Å². The van der Waals surface area contributed by atoms with Crippen LogP contribution < -0.4 is 16.2 Å². The van der Waals surface area contributed by atoms with Gasteiger partial charge in [0.2, 0.25) is 0 Å². The lowest BCUT2D eigenvalue weighted by atomic mass is 10.1. The molecule has 1 aliphatic carbocycles. The van der Waals surface area contributed by atoms with Crippen LogP contribution in [0.5, 0.6) is 0 Å². The van der Waals surface area contributed by atoms with Crippen LogP contribution in [0, 0.1) is 11.7 Å². The summed E-state index contributed by atoms with van der Waals surface area (Å²) in [5.41, 5.74) is 0.236. The standard InChI is InChI=1S/C20H22FN3O4/c1-22-19(26)16-7-13(18(25)23-17-8-14(17)11-28-2)10-24(20(16)27)9-12-3-5-15(21)6-4-12/h3-7,10,14,17H,8-9,11H2,1-2H3,(H,22,26)(H,23,25). The van der Waals surface area contributed by atoms with Crippen molar-refractivity contribution in [3.8, 4) is 0 Å². The van der Waals surface area contributed by atoms with Gasteiger partial charge in [0.05, 0.1) is 18.7 Å². The molecule has 0 spiro atoms. The summed E-state index contributed by atoms with van der Waals surface area (Å²) in [4.78, 5) is 37.4. The average Bonchev–Trinajstić information content (AvgIpc) is 3.42. The van der Waals surface area contributed by atoms with E-state index in [0.717, 1.165) is 6.42 Å². The molecule has 1 aromatic heterocycles. The van der Waals surface area contributed by atoms with Crippen molar-refractivity contribution in [3.05, 3.63) is 69.4 Å². The molecule has 7 nitrogen and oxygen atoms in total. The fraction of sp³-hybridized carbons (Fsp3) is 0.350. The van der Waals surface area contributed by atoms with Crippen LogP contribution in [-0.4, -0.2) is 43.2 Å². The third-order valence-electron chi connectivity index (χ3n) is 4.71. The largest absolute Gasteiger partial charge is 0.384 e. The third kappa shape index (κ3) is 4.45. The molecule has 8 heteroatoms. The summed E-state index contributed by atoms with van der Waals surface area (Å²) in [7, 11) is 3.02. The minimum Gasteiger partial charge on any atom is -0.384 e. The van der Waals surface area contributed by atoms with Crippen LogP contribution in [0.3, 0.4) is 0 Å². The molecule has 2 aromatic rings. The normalized spacial score (nSPS) is 17.8. The number of carbonyl (C=O) groups is 2. The zero-order chi connectivity index (χ0) is 20.3. The zero-order valence-corrected chi connectivity index (χ0v) is 15.7. The number of pyridine rings is 1. The number of hydrogen-bond acceptors (Lipinski definition) is 4. The summed E-state index contributed by atoms with van der Waals surface area (Å²) in [6.45, 7) is 0.679. The lowest BCUT2D eigenvalue weighted by Crippen LogP contribution is -2.34. The maximum Gasteiger partial charge on any atom is 0.263 e. The van der Waals surface area contributed by atoms with Gasteiger partial charge in [-0.3, -0.25) is 14.4 Å². The minimum atomic E-state index is -0.573. The molecule has 2 atom stereocenters. The molecule has 1 heterocycles. The van der Waals surface area contributed by atoms with Crippen molar-refractivity contribution >= 4 is 11.8 Å². The van der Waals surface area contributed by atoms with Crippen LogP contribution in [0.1, 0.15) is 32.7 Å². The Bertz CT molecular complexity index is 939. The molecule has 1 fully saturated rings. The summed E-state index contributed by atoms with van der Waals surface area (Å²) in [5.74, 6) is -1.04. The number of carbonyl (C=O) groups excluding carboxylic acids is 2. The Morgan fingerprint density at radius 3 is 2.61 bits per heavy atom. The zero-order valence-electron chi connectivity index (χ0n) is 15.7. The molecular formula is C20H22FN3O4. The van der Waals surface area contributed by atoms with Crippen molar-refractivity contribution in [2.45, 2.75) is 19.0 Å². The molecule has 0 saturated heterocycles. The number of amides is 2. The second-order valence-electron chi connectivity index (χ2n) is 6.81. The van der Waals surface area contributed by atoms with E-state index in [0.29, 0.717) is 12.2 Å². The summed E-state index contributed by atoms with van der Waals surface area (Å²) < 4.78 is 19.5. The number of ether oxygens (including phenoxy) is 1. The Labute approximate surface area is 161 Å². The maximum atomic E-state index is 13.1. The van der Waals surface area contributed by atoms with Gasteiger partial charge in [-0.1, -0.05) is 12.1 Å². The Morgan fingerprint density at radius 2 is 1.96 bits per heavy atom. The van der Waals surface area contributed by atoms with Crippen molar-refractivity contribution in [2.75, 3.05) is 20.8 Å². The second-order valence-corrected chi connectivity index (χ2v) is 6.81. The van der Waals surface area contributed by atoms with E-state index in [4.69, 9.17) is 4.74 Å². The number of nitrogens with one attached hydrogen (secondary N) is 2. The van der Waals surface area contributed by atoms with Crippen molar-refractivity contribution in [2.24, 2.45) is 5.92 Å². The van der Waals surface area contributed by atoms with Gasteiger partial charge in [0, 0.05) is 32.3 Å². The van der Waals surface area contributed by atoms with Crippen molar-refractivity contribution in [1.29, 1.82) is 0 Å². The molecule has 0 radical (unpaired) electrons. The Balaban J connectivity index is 1.89.